The van der Waals surface area contributed by atoms with Crippen LogP contribution in [0.15, 0.2) is 90.0 Å². The Morgan fingerprint density at radius 3 is 2.19 bits per heavy atom. The van der Waals surface area contributed by atoms with E-state index in [-0.39, 0.29) is 11.1 Å². The maximum atomic E-state index is 14.7. The smallest absolute Gasteiger partial charge is 0.257 e. The van der Waals surface area contributed by atoms with Crippen molar-refractivity contribution >= 4 is 0 Å². The van der Waals surface area contributed by atoms with E-state index in [1.54, 1.807) is 31.2 Å². The van der Waals surface area contributed by atoms with Crippen molar-refractivity contribution in [3.05, 3.63) is 124 Å². The van der Waals surface area contributed by atoms with E-state index in [4.69, 9.17) is 4.98 Å². The highest BCUT2D eigenvalue weighted by Crippen LogP contribution is 2.47. The number of benzene rings is 2. The first kappa shape index (κ1) is 25.9. The van der Waals surface area contributed by atoms with Crippen molar-refractivity contribution in [2.75, 3.05) is 0 Å². The molecule has 0 amide bonds. The Balaban J connectivity index is 2.08. The minimum atomic E-state index is -3.05. The van der Waals surface area contributed by atoms with Gasteiger partial charge in [-0.15, -0.1) is 0 Å². The van der Waals surface area contributed by atoms with Crippen molar-refractivity contribution in [1.82, 2.24) is 4.98 Å². The summed E-state index contributed by atoms with van der Waals surface area (Å²) in [5, 5.41) is 0. The zero-order valence-corrected chi connectivity index (χ0v) is 21.1. The molecule has 0 saturated carbocycles. The quantitative estimate of drug-likeness (QED) is 0.300. The topological polar surface area (TPSA) is 12.9 Å². The average Bonchev–Trinajstić information content (AvgIpc) is 2.82. The van der Waals surface area contributed by atoms with Gasteiger partial charge in [0.05, 0.1) is 11.1 Å². The van der Waals surface area contributed by atoms with Crippen LogP contribution in [0.3, 0.4) is 0 Å². The predicted molar refractivity (Wildman–Crippen MR) is 137 cm³/mol. The fourth-order valence-electron chi connectivity index (χ4n) is 5.19. The number of nitrogens with zero attached hydrogens (tertiary/aromatic N) is 1. The van der Waals surface area contributed by atoms with E-state index in [1.165, 1.54) is 0 Å². The van der Waals surface area contributed by atoms with E-state index in [9.17, 15) is 17.6 Å². The Morgan fingerprint density at radius 2 is 1.56 bits per heavy atom. The molecule has 3 aromatic rings. The molecule has 1 aromatic heterocycles. The molecule has 0 fully saturated rings. The van der Waals surface area contributed by atoms with E-state index >= 15 is 0 Å². The first-order chi connectivity index (χ1) is 16.9. The molecule has 0 spiro atoms. The average molecular weight is 494 g/mol. The normalized spacial score (nSPS) is 16.2. The summed E-state index contributed by atoms with van der Waals surface area (Å²) in [6.45, 7) is 5.32. The number of alkyl halides is 4. The highest BCUT2D eigenvalue weighted by molar-refractivity contribution is 5.54. The number of allylic oxidation sites excluding steroid dienone is 4. The monoisotopic (exact) mass is 493 g/mol. The molecule has 0 radical (unpaired) electrons. The van der Waals surface area contributed by atoms with Crippen molar-refractivity contribution in [3.63, 3.8) is 0 Å². The summed E-state index contributed by atoms with van der Waals surface area (Å²) in [7, 11) is 0. The minimum Gasteiger partial charge on any atom is -0.257 e. The number of aromatic nitrogens is 1. The Hall–Kier alpha value is -3.21. The Morgan fingerprint density at radius 1 is 0.833 bits per heavy atom. The third-order valence-electron chi connectivity index (χ3n) is 7.00. The van der Waals surface area contributed by atoms with Gasteiger partial charge in [0, 0.05) is 30.7 Å². The number of rotatable bonds is 7. The van der Waals surface area contributed by atoms with Gasteiger partial charge in [0.25, 0.3) is 11.8 Å². The lowest BCUT2D eigenvalue weighted by Crippen LogP contribution is -2.36. The molecule has 188 valence electrons. The Labute approximate surface area is 210 Å². The van der Waals surface area contributed by atoms with Crippen molar-refractivity contribution in [2.45, 2.75) is 64.2 Å². The second-order valence-electron chi connectivity index (χ2n) is 9.91. The number of hydrogen-bond acceptors (Lipinski definition) is 1. The lowest BCUT2D eigenvalue weighted by atomic mass is 9.64. The Bertz CT molecular complexity index is 1300. The zero-order chi connectivity index (χ0) is 26.1. The molecule has 1 atom stereocenters. The fraction of sp³-hybridized carbons (Fsp3) is 0.323. The maximum absolute atomic E-state index is 14.7. The van der Waals surface area contributed by atoms with Gasteiger partial charge in [-0.3, -0.25) is 4.98 Å². The summed E-state index contributed by atoms with van der Waals surface area (Å²) in [6.07, 6.45) is 4.50. The van der Waals surface area contributed by atoms with E-state index in [2.05, 4.69) is 0 Å². The predicted octanol–water partition coefficient (Wildman–Crippen LogP) is 8.64. The highest BCUT2D eigenvalue weighted by atomic mass is 19.3. The fourth-order valence-corrected chi connectivity index (χ4v) is 5.19. The van der Waals surface area contributed by atoms with Gasteiger partial charge in [-0.25, -0.2) is 17.6 Å². The second kappa shape index (κ2) is 9.68. The summed E-state index contributed by atoms with van der Waals surface area (Å²) in [6, 6.07) is 20.4. The van der Waals surface area contributed by atoms with E-state index in [0.717, 1.165) is 30.7 Å². The Kier molecular flexibility index (Phi) is 6.96. The van der Waals surface area contributed by atoms with E-state index in [0.29, 0.717) is 36.1 Å². The van der Waals surface area contributed by atoms with Crippen LogP contribution in [0.5, 0.6) is 0 Å². The first-order valence-corrected chi connectivity index (χ1v) is 12.2. The molecule has 1 aliphatic carbocycles. The van der Waals surface area contributed by atoms with Crippen LogP contribution in [-0.2, 0) is 17.8 Å². The molecule has 0 bridgehead atoms. The molecule has 1 nitrogen and oxygen atoms in total. The molecule has 4 rings (SSSR count). The number of pyridine rings is 1. The van der Waals surface area contributed by atoms with Gasteiger partial charge in [-0.05, 0) is 68.0 Å². The summed E-state index contributed by atoms with van der Waals surface area (Å²) < 4.78 is 58.4. The first-order valence-electron chi connectivity index (χ1n) is 12.2. The van der Waals surface area contributed by atoms with E-state index in [1.807, 2.05) is 61.5 Å². The van der Waals surface area contributed by atoms with Gasteiger partial charge >= 0.3 is 0 Å². The summed E-state index contributed by atoms with van der Waals surface area (Å²) in [5.41, 5.74) is 3.11. The van der Waals surface area contributed by atoms with Gasteiger partial charge < -0.3 is 0 Å². The number of hydrogen-bond donors (Lipinski definition) is 0. The van der Waals surface area contributed by atoms with Crippen molar-refractivity contribution in [3.8, 4) is 0 Å². The number of halogens is 4. The summed E-state index contributed by atoms with van der Waals surface area (Å²) >= 11 is 0. The second-order valence-corrected chi connectivity index (χ2v) is 9.91. The third-order valence-corrected chi connectivity index (χ3v) is 7.00. The minimum absolute atomic E-state index is 0.0537. The van der Waals surface area contributed by atoms with Gasteiger partial charge in [-0.2, -0.15) is 0 Å². The van der Waals surface area contributed by atoms with Crippen molar-refractivity contribution in [1.29, 1.82) is 0 Å². The standard InChI is InChI=1S/C31H31F4N/c1-21-16-17-26(19-27(21)30(4,34)35)31(20-23-11-6-5-7-12-23,28-15-8-10-22(2)36-28)25-14-9-13-24(18-25)29(3,32)33/h5-8,10-13,15-19H,9,14,20H2,1-4H3. The van der Waals surface area contributed by atoms with Crippen LogP contribution in [0.4, 0.5) is 17.6 Å². The molecule has 0 saturated heterocycles. The molecule has 2 aromatic carbocycles. The SMILES string of the molecule is Cc1cccc(C(Cc2ccccc2)(C2=CC(C(C)(F)F)=CCC2)c2ccc(C)c(C(C)(F)F)c2)n1. The molecular weight excluding hydrogens is 462 g/mol. The lowest BCUT2D eigenvalue weighted by Gasteiger charge is -2.39. The molecule has 1 unspecified atom stereocenters. The molecular formula is C31H31F4N. The summed E-state index contributed by atoms with van der Waals surface area (Å²) in [5.74, 6) is -6.07. The highest BCUT2D eigenvalue weighted by Gasteiger charge is 2.42. The van der Waals surface area contributed by atoms with Crippen LogP contribution in [0.1, 0.15) is 60.3 Å². The maximum Gasteiger partial charge on any atom is 0.270 e. The molecule has 5 heteroatoms. The van der Waals surface area contributed by atoms with Gasteiger partial charge in [0.15, 0.2) is 0 Å². The van der Waals surface area contributed by atoms with Crippen LogP contribution in [0.2, 0.25) is 0 Å². The zero-order valence-electron chi connectivity index (χ0n) is 21.1. The van der Waals surface area contributed by atoms with Crippen LogP contribution in [0.25, 0.3) is 0 Å². The molecule has 36 heavy (non-hydrogen) atoms. The van der Waals surface area contributed by atoms with Crippen molar-refractivity contribution in [2.24, 2.45) is 0 Å². The van der Waals surface area contributed by atoms with Gasteiger partial charge in [0.2, 0.25) is 0 Å². The third kappa shape index (κ3) is 5.16. The molecule has 1 heterocycles. The van der Waals surface area contributed by atoms with Crippen LogP contribution < -0.4 is 0 Å². The van der Waals surface area contributed by atoms with E-state index < -0.39 is 17.3 Å². The number of aryl methyl sites for hydroxylation is 2. The van der Waals surface area contributed by atoms with Crippen LogP contribution in [-0.4, -0.2) is 10.9 Å². The summed E-state index contributed by atoms with van der Waals surface area (Å²) in [4.78, 5) is 4.86. The molecule has 1 aliphatic rings. The van der Waals surface area contributed by atoms with Crippen LogP contribution >= 0.6 is 0 Å². The van der Waals surface area contributed by atoms with Gasteiger partial charge in [-0.1, -0.05) is 66.3 Å². The van der Waals surface area contributed by atoms with Crippen LogP contribution in [0, 0.1) is 13.8 Å². The molecule has 0 N–H and O–H groups in total. The van der Waals surface area contributed by atoms with Crippen molar-refractivity contribution < 1.29 is 17.6 Å². The lowest BCUT2D eigenvalue weighted by molar-refractivity contribution is 0.0167. The molecule has 0 aliphatic heterocycles. The van der Waals surface area contributed by atoms with Gasteiger partial charge in [0.1, 0.15) is 0 Å². The largest absolute Gasteiger partial charge is 0.270 e.